The van der Waals surface area contributed by atoms with Crippen LogP contribution in [0.4, 0.5) is 0 Å². The van der Waals surface area contributed by atoms with Crippen LogP contribution < -0.4 is 5.32 Å². The van der Waals surface area contributed by atoms with Gasteiger partial charge in [0, 0.05) is 19.8 Å². The zero-order valence-electron chi connectivity index (χ0n) is 13.5. The van der Waals surface area contributed by atoms with Crippen LogP contribution >= 0.6 is 11.3 Å². The monoisotopic (exact) mass is 321 g/mol. The Morgan fingerprint density at radius 2 is 2.27 bits per heavy atom. The summed E-state index contributed by atoms with van der Waals surface area (Å²) >= 11 is 1.56. The van der Waals surface area contributed by atoms with Crippen LogP contribution in [-0.4, -0.2) is 33.4 Å². The van der Waals surface area contributed by atoms with Crippen LogP contribution in [0.3, 0.4) is 0 Å². The van der Waals surface area contributed by atoms with Crippen LogP contribution in [0.15, 0.2) is 23.7 Å². The number of aliphatic hydroxyl groups excluding tert-OH is 1. The normalized spacial score (nSPS) is 13.1. The maximum atomic E-state index is 12.5. The number of thiophene rings is 1. The van der Waals surface area contributed by atoms with Crippen LogP contribution in [0.2, 0.25) is 0 Å². The standard InChI is InChI=1S/C16H23N3O2S/c1-11(20)8-16(2,3)10-17-15(21)12-9-19(4)18-14(12)13-6-5-7-22-13/h5-7,9,11,20H,8,10H2,1-4H3,(H,17,21). The third-order valence-electron chi connectivity index (χ3n) is 3.40. The maximum absolute atomic E-state index is 12.5. The number of aliphatic hydroxyl groups is 1. The summed E-state index contributed by atoms with van der Waals surface area (Å²) in [5.74, 6) is -0.129. The molecule has 22 heavy (non-hydrogen) atoms. The van der Waals surface area contributed by atoms with Crippen LogP contribution in [0, 0.1) is 5.41 Å². The zero-order chi connectivity index (χ0) is 16.3. The van der Waals surface area contributed by atoms with Gasteiger partial charge in [0.05, 0.1) is 16.5 Å². The molecule has 5 nitrogen and oxygen atoms in total. The van der Waals surface area contributed by atoms with Crippen LogP contribution in [-0.2, 0) is 7.05 Å². The van der Waals surface area contributed by atoms with E-state index in [9.17, 15) is 9.90 Å². The van der Waals surface area contributed by atoms with E-state index in [0.29, 0.717) is 24.2 Å². The lowest BCUT2D eigenvalue weighted by molar-refractivity contribution is 0.0902. The van der Waals surface area contributed by atoms with E-state index < -0.39 is 0 Å². The van der Waals surface area contributed by atoms with E-state index in [1.54, 1.807) is 29.1 Å². The van der Waals surface area contributed by atoms with Gasteiger partial charge >= 0.3 is 0 Å². The lowest BCUT2D eigenvalue weighted by Gasteiger charge is -2.26. The van der Waals surface area contributed by atoms with Gasteiger partial charge in [0.15, 0.2) is 0 Å². The van der Waals surface area contributed by atoms with E-state index in [4.69, 9.17) is 0 Å². The van der Waals surface area contributed by atoms with Crippen molar-refractivity contribution in [2.24, 2.45) is 12.5 Å². The summed E-state index contributed by atoms with van der Waals surface area (Å²) in [5.41, 5.74) is 1.14. The van der Waals surface area contributed by atoms with Crippen molar-refractivity contribution in [2.75, 3.05) is 6.54 Å². The number of hydrogen-bond acceptors (Lipinski definition) is 4. The van der Waals surface area contributed by atoms with E-state index >= 15 is 0 Å². The molecule has 0 saturated heterocycles. The number of rotatable bonds is 6. The second-order valence-corrected chi connectivity index (χ2v) is 7.39. The zero-order valence-corrected chi connectivity index (χ0v) is 14.3. The minimum atomic E-state index is -0.382. The van der Waals surface area contributed by atoms with Crippen molar-refractivity contribution < 1.29 is 9.90 Å². The Morgan fingerprint density at radius 1 is 1.55 bits per heavy atom. The minimum absolute atomic E-state index is 0.129. The molecule has 2 aromatic rings. The average molecular weight is 321 g/mol. The highest BCUT2D eigenvalue weighted by Gasteiger charge is 2.23. The molecule has 0 spiro atoms. The number of carbonyl (C=O) groups is 1. The molecule has 6 heteroatoms. The van der Waals surface area contributed by atoms with Gasteiger partial charge in [-0.1, -0.05) is 19.9 Å². The molecule has 0 aromatic carbocycles. The predicted molar refractivity (Wildman–Crippen MR) is 88.9 cm³/mol. The number of amides is 1. The van der Waals surface area contributed by atoms with Crippen molar-refractivity contribution in [2.45, 2.75) is 33.3 Å². The highest BCUT2D eigenvalue weighted by atomic mass is 32.1. The number of nitrogens with one attached hydrogen (secondary N) is 1. The summed E-state index contributed by atoms with van der Waals surface area (Å²) in [7, 11) is 1.81. The van der Waals surface area contributed by atoms with E-state index in [1.807, 2.05) is 38.4 Å². The summed E-state index contributed by atoms with van der Waals surface area (Å²) in [6, 6.07) is 3.91. The lowest BCUT2D eigenvalue weighted by atomic mass is 9.87. The maximum Gasteiger partial charge on any atom is 0.255 e. The van der Waals surface area contributed by atoms with E-state index in [2.05, 4.69) is 10.4 Å². The molecule has 0 saturated carbocycles. The molecule has 2 heterocycles. The third kappa shape index (κ3) is 4.18. The van der Waals surface area contributed by atoms with Gasteiger partial charge in [-0.3, -0.25) is 9.48 Å². The van der Waals surface area contributed by atoms with Crippen molar-refractivity contribution in [1.29, 1.82) is 0 Å². The quantitative estimate of drug-likeness (QED) is 0.859. The average Bonchev–Trinajstić information content (AvgIpc) is 3.03. The third-order valence-corrected chi connectivity index (χ3v) is 4.28. The summed E-state index contributed by atoms with van der Waals surface area (Å²) in [4.78, 5) is 13.5. The van der Waals surface area contributed by atoms with Gasteiger partial charge in [-0.2, -0.15) is 5.10 Å². The molecule has 0 radical (unpaired) electrons. The fourth-order valence-corrected chi connectivity index (χ4v) is 3.26. The highest BCUT2D eigenvalue weighted by Crippen LogP contribution is 2.27. The fraction of sp³-hybridized carbons (Fsp3) is 0.500. The molecule has 2 rings (SSSR count). The second-order valence-electron chi connectivity index (χ2n) is 6.44. The van der Waals surface area contributed by atoms with Crippen LogP contribution in [0.1, 0.15) is 37.6 Å². The van der Waals surface area contributed by atoms with Crippen molar-refractivity contribution in [3.63, 3.8) is 0 Å². The van der Waals surface area contributed by atoms with Gasteiger partial charge in [-0.25, -0.2) is 0 Å². The number of carbonyl (C=O) groups excluding carboxylic acids is 1. The molecule has 0 bridgehead atoms. The molecule has 0 aliphatic rings. The van der Waals surface area contributed by atoms with Crippen LogP contribution in [0.5, 0.6) is 0 Å². The van der Waals surface area contributed by atoms with Gasteiger partial charge in [-0.15, -0.1) is 11.3 Å². The minimum Gasteiger partial charge on any atom is -0.393 e. The molecular formula is C16H23N3O2S. The van der Waals surface area contributed by atoms with Crippen molar-refractivity contribution in [1.82, 2.24) is 15.1 Å². The van der Waals surface area contributed by atoms with Gasteiger partial charge in [-0.05, 0) is 30.2 Å². The topological polar surface area (TPSA) is 67.2 Å². The summed E-state index contributed by atoms with van der Waals surface area (Å²) < 4.78 is 1.66. The van der Waals surface area contributed by atoms with Crippen molar-refractivity contribution in [3.05, 3.63) is 29.3 Å². The van der Waals surface area contributed by atoms with Gasteiger partial charge in [0.2, 0.25) is 0 Å². The van der Waals surface area contributed by atoms with Gasteiger partial charge < -0.3 is 10.4 Å². The van der Waals surface area contributed by atoms with Crippen molar-refractivity contribution >= 4 is 17.2 Å². The van der Waals surface area contributed by atoms with Crippen LogP contribution in [0.25, 0.3) is 10.6 Å². The first-order valence-corrected chi connectivity index (χ1v) is 8.20. The Bertz CT molecular complexity index is 630. The Kier molecular flexibility index (Phi) is 5.03. The first kappa shape index (κ1) is 16.7. The van der Waals surface area contributed by atoms with E-state index in [1.165, 1.54) is 0 Å². The van der Waals surface area contributed by atoms with Crippen molar-refractivity contribution in [3.8, 4) is 10.6 Å². The Balaban J connectivity index is 2.11. The Hall–Kier alpha value is -1.66. The molecule has 1 amide bonds. The number of hydrogen-bond donors (Lipinski definition) is 2. The molecule has 2 aromatic heterocycles. The predicted octanol–water partition coefficient (Wildman–Crippen LogP) is 2.68. The van der Waals surface area contributed by atoms with E-state index in [-0.39, 0.29) is 17.4 Å². The van der Waals surface area contributed by atoms with Gasteiger partial charge in [0.25, 0.3) is 5.91 Å². The number of aryl methyl sites for hydroxylation is 1. The largest absolute Gasteiger partial charge is 0.393 e. The first-order valence-electron chi connectivity index (χ1n) is 7.32. The fourth-order valence-electron chi connectivity index (χ4n) is 2.54. The molecular weight excluding hydrogens is 298 g/mol. The SMILES string of the molecule is CC(O)CC(C)(C)CNC(=O)c1cn(C)nc1-c1cccs1. The molecule has 1 atom stereocenters. The van der Waals surface area contributed by atoms with Gasteiger partial charge in [0.1, 0.15) is 5.69 Å². The number of aromatic nitrogens is 2. The number of nitrogens with zero attached hydrogens (tertiary/aromatic N) is 2. The second kappa shape index (κ2) is 6.62. The summed E-state index contributed by atoms with van der Waals surface area (Å²) in [5, 5.41) is 18.8. The lowest BCUT2D eigenvalue weighted by Crippen LogP contribution is -2.35. The highest BCUT2D eigenvalue weighted by molar-refractivity contribution is 7.13. The molecule has 0 fully saturated rings. The smallest absolute Gasteiger partial charge is 0.255 e. The van der Waals surface area contributed by atoms with E-state index in [0.717, 1.165) is 4.88 Å². The summed E-state index contributed by atoms with van der Waals surface area (Å²) in [6.07, 6.45) is 2.00. The Morgan fingerprint density at radius 3 is 2.86 bits per heavy atom. The Labute approximate surface area is 135 Å². The summed E-state index contributed by atoms with van der Waals surface area (Å²) in [6.45, 7) is 6.34. The molecule has 0 aliphatic heterocycles. The molecule has 1 unspecified atom stereocenters. The molecule has 2 N–H and O–H groups in total. The molecule has 120 valence electrons. The first-order chi connectivity index (χ1) is 10.3. The molecule has 0 aliphatic carbocycles.